The van der Waals surface area contributed by atoms with Gasteiger partial charge in [0.1, 0.15) is 17.2 Å². The van der Waals surface area contributed by atoms with Crippen molar-refractivity contribution in [2.75, 3.05) is 11.1 Å². The molecule has 0 aliphatic heterocycles. The summed E-state index contributed by atoms with van der Waals surface area (Å²) >= 11 is 0. The van der Waals surface area contributed by atoms with Crippen molar-refractivity contribution >= 4 is 23.2 Å². The highest BCUT2D eigenvalue weighted by Crippen LogP contribution is 2.23. The molecule has 2 rings (SSSR count). The number of aromatic carboxylic acids is 1. The van der Waals surface area contributed by atoms with Crippen LogP contribution in [0.2, 0.25) is 0 Å². The second-order valence-corrected chi connectivity index (χ2v) is 4.08. The monoisotopic (exact) mass is 261 g/mol. The van der Waals surface area contributed by atoms with E-state index in [1.165, 1.54) is 24.4 Å². The van der Waals surface area contributed by atoms with Gasteiger partial charge in [0.2, 0.25) is 0 Å². The minimum absolute atomic E-state index is 0.0458. The largest absolute Gasteiger partial charge is 0.478 e. The van der Waals surface area contributed by atoms with E-state index in [1.807, 2.05) is 0 Å². The van der Waals surface area contributed by atoms with E-state index >= 15 is 0 Å². The molecular weight excluding hydrogens is 249 g/mol. The zero-order valence-corrected chi connectivity index (χ0v) is 10.1. The molecule has 0 saturated heterocycles. The number of benzene rings is 1. The molecule has 1 heterocycles. The number of halogens is 1. The number of nitrogen functional groups attached to an aromatic ring is 1. The molecule has 0 spiro atoms. The number of carboxylic acids is 1. The first-order valence-corrected chi connectivity index (χ1v) is 5.49. The fourth-order valence-electron chi connectivity index (χ4n) is 1.59. The van der Waals surface area contributed by atoms with Gasteiger partial charge in [0.25, 0.3) is 0 Å². The number of aromatic nitrogens is 1. The third-order valence-electron chi connectivity index (χ3n) is 2.52. The molecule has 0 bridgehead atoms. The summed E-state index contributed by atoms with van der Waals surface area (Å²) in [4.78, 5) is 14.9. The van der Waals surface area contributed by atoms with Crippen LogP contribution in [0.15, 0.2) is 30.5 Å². The Balaban J connectivity index is 2.40. The quantitative estimate of drug-likeness (QED) is 0.790. The number of pyridine rings is 1. The van der Waals surface area contributed by atoms with Crippen molar-refractivity contribution < 1.29 is 14.3 Å². The van der Waals surface area contributed by atoms with Crippen LogP contribution in [-0.4, -0.2) is 16.1 Å². The molecule has 0 radical (unpaired) electrons. The molecule has 19 heavy (non-hydrogen) atoms. The van der Waals surface area contributed by atoms with E-state index in [0.717, 1.165) is 5.56 Å². The average Bonchev–Trinajstić information content (AvgIpc) is 2.34. The van der Waals surface area contributed by atoms with Gasteiger partial charge in [-0.05, 0) is 30.7 Å². The number of carboxylic acid groups (broad SMARTS) is 1. The van der Waals surface area contributed by atoms with E-state index in [0.29, 0.717) is 0 Å². The lowest BCUT2D eigenvalue weighted by atomic mass is 10.2. The maximum atomic E-state index is 13.7. The van der Waals surface area contributed by atoms with E-state index in [1.54, 1.807) is 13.0 Å². The van der Waals surface area contributed by atoms with Crippen molar-refractivity contribution in [3.05, 3.63) is 47.4 Å². The van der Waals surface area contributed by atoms with Crippen LogP contribution in [0.5, 0.6) is 0 Å². The minimum Gasteiger partial charge on any atom is -0.478 e. The van der Waals surface area contributed by atoms with Gasteiger partial charge in [0.05, 0.1) is 17.6 Å². The smallest absolute Gasteiger partial charge is 0.339 e. The molecule has 0 aliphatic carbocycles. The van der Waals surface area contributed by atoms with Crippen molar-refractivity contribution in [3.63, 3.8) is 0 Å². The Morgan fingerprint density at radius 2 is 2.16 bits per heavy atom. The Morgan fingerprint density at radius 3 is 2.79 bits per heavy atom. The summed E-state index contributed by atoms with van der Waals surface area (Å²) in [6, 6.07) is 5.85. The Kier molecular flexibility index (Phi) is 3.33. The van der Waals surface area contributed by atoms with E-state index in [-0.39, 0.29) is 22.8 Å². The van der Waals surface area contributed by atoms with Crippen molar-refractivity contribution in [1.82, 2.24) is 4.98 Å². The zero-order valence-electron chi connectivity index (χ0n) is 10.1. The van der Waals surface area contributed by atoms with Gasteiger partial charge in [-0.2, -0.15) is 0 Å². The lowest BCUT2D eigenvalue weighted by Crippen LogP contribution is -2.07. The summed E-state index contributed by atoms with van der Waals surface area (Å²) in [5.41, 5.74) is 6.53. The van der Waals surface area contributed by atoms with Gasteiger partial charge in [0, 0.05) is 0 Å². The van der Waals surface area contributed by atoms with Gasteiger partial charge >= 0.3 is 5.97 Å². The van der Waals surface area contributed by atoms with Crippen molar-refractivity contribution in [2.45, 2.75) is 6.92 Å². The van der Waals surface area contributed by atoms with E-state index in [2.05, 4.69) is 10.3 Å². The van der Waals surface area contributed by atoms with Crippen molar-refractivity contribution in [1.29, 1.82) is 0 Å². The highest BCUT2D eigenvalue weighted by atomic mass is 19.1. The van der Waals surface area contributed by atoms with E-state index in [4.69, 9.17) is 10.8 Å². The molecule has 5 nitrogen and oxygen atoms in total. The second kappa shape index (κ2) is 4.93. The Hall–Kier alpha value is -2.63. The standard InChI is InChI=1S/C13H12FN3O2/c1-7-2-3-11(10(14)4-7)17-12-9(13(18)19)5-8(15)6-16-12/h2-6H,15H2,1H3,(H,16,17)(H,18,19). The highest BCUT2D eigenvalue weighted by molar-refractivity contribution is 5.94. The molecule has 1 aromatic heterocycles. The molecule has 0 aliphatic rings. The second-order valence-electron chi connectivity index (χ2n) is 4.08. The number of nitrogens with one attached hydrogen (secondary N) is 1. The van der Waals surface area contributed by atoms with Gasteiger partial charge in [-0.1, -0.05) is 6.07 Å². The third kappa shape index (κ3) is 2.79. The minimum atomic E-state index is -1.19. The lowest BCUT2D eigenvalue weighted by molar-refractivity contribution is 0.0697. The van der Waals surface area contributed by atoms with E-state index in [9.17, 15) is 9.18 Å². The molecule has 4 N–H and O–H groups in total. The Labute approximate surface area is 108 Å². The summed E-state index contributed by atoms with van der Waals surface area (Å²) < 4.78 is 13.7. The molecule has 0 unspecified atom stereocenters. The summed E-state index contributed by atoms with van der Waals surface area (Å²) in [6.07, 6.45) is 1.31. The first-order chi connectivity index (χ1) is 8.97. The SMILES string of the molecule is Cc1ccc(Nc2ncc(N)cc2C(=O)O)c(F)c1. The maximum absolute atomic E-state index is 13.7. The number of anilines is 3. The van der Waals surface area contributed by atoms with Crippen LogP contribution in [-0.2, 0) is 0 Å². The predicted octanol–water partition coefficient (Wildman–Crippen LogP) is 2.55. The number of nitrogens with zero attached hydrogens (tertiary/aromatic N) is 1. The van der Waals surface area contributed by atoms with E-state index < -0.39 is 11.8 Å². The van der Waals surface area contributed by atoms with Crippen LogP contribution in [0, 0.1) is 12.7 Å². The van der Waals surface area contributed by atoms with Gasteiger partial charge in [0.15, 0.2) is 0 Å². The topological polar surface area (TPSA) is 88.2 Å². The number of carbonyl (C=O) groups is 1. The fraction of sp³-hybridized carbons (Fsp3) is 0.0769. The van der Waals surface area contributed by atoms with Gasteiger partial charge in [-0.25, -0.2) is 14.2 Å². The number of aryl methyl sites for hydroxylation is 1. The lowest BCUT2D eigenvalue weighted by Gasteiger charge is -2.10. The number of nitrogens with two attached hydrogens (primary N) is 1. The first kappa shape index (κ1) is 12.8. The van der Waals surface area contributed by atoms with Crippen molar-refractivity contribution in [2.24, 2.45) is 0 Å². The Morgan fingerprint density at radius 1 is 1.42 bits per heavy atom. The predicted molar refractivity (Wildman–Crippen MR) is 70.0 cm³/mol. The summed E-state index contributed by atoms with van der Waals surface area (Å²) in [5, 5.41) is 11.7. The Bertz CT molecular complexity index is 644. The fourth-order valence-corrected chi connectivity index (χ4v) is 1.59. The van der Waals surface area contributed by atoms with Crippen LogP contribution < -0.4 is 11.1 Å². The van der Waals surface area contributed by atoms with Gasteiger partial charge in [-0.3, -0.25) is 0 Å². The maximum Gasteiger partial charge on any atom is 0.339 e. The molecule has 0 amide bonds. The highest BCUT2D eigenvalue weighted by Gasteiger charge is 2.13. The van der Waals surface area contributed by atoms with Gasteiger partial charge < -0.3 is 16.2 Å². The molecule has 6 heteroatoms. The van der Waals surface area contributed by atoms with Crippen LogP contribution in [0.4, 0.5) is 21.6 Å². The van der Waals surface area contributed by atoms with Crippen LogP contribution >= 0.6 is 0 Å². The molecule has 98 valence electrons. The number of hydrogen-bond donors (Lipinski definition) is 3. The van der Waals surface area contributed by atoms with Crippen LogP contribution in [0.3, 0.4) is 0 Å². The normalized spacial score (nSPS) is 10.2. The van der Waals surface area contributed by atoms with Crippen LogP contribution in [0.25, 0.3) is 0 Å². The molecule has 1 aromatic carbocycles. The molecule has 0 saturated carbocycles. The summed E-state index contributed by atoms with van der Waals surface area (Å²) in [7, 11) is 0. The molecule has 0 atom stereocenters. The molecule has 2 aromatic rings. The number of rotatable bonds is 3. The summed E-state index contributed by atoms with van der Waals surface area (Å²) in [5.74, 6) is -1.62. The summed E-state index contributed by atoms with van der Waals surface area (Å²) in [6.45, 7) is 1.76. The number of hydrogen-bond acceptors (Lipinski definition) is 4. The average molecular weight is 261 g/mol. The first-order valence-electron chi connectivity index (χ1n) is 5.49. The third-order valence-corrected chi connectivity index (χ3v) is 2.52. The molecule has 0 fully saturated rings. The zero-order chi connectivity index (χ0) is 14.0. The van der Waals surface area contributed by atoms with Gasteiger partial charge in [-0.15, -0.1) is 0 Å². The van der Waals surface area contributed by atoms with Crippen molar-refractivity contribution in [3.8, 4) is 0 Å². The van der Waals surface area contributed by atoms with Crippen LogP contribution in [0.1, 0.15) is 15.9 Å². The molecular formula is C13H12FN3O2.